The van der Waals surface area contributed by atoms with Crippen molar-refractivity contribution in [1.82, 2.24) is 34.4 Å². The molecule has 0 unspecified atom stereocenters. The minimum Gasteiger partial charge on any atom is -0.493 e. The van der Waals surface area contributed by atoms with E-state index in [0.717, 1.165) is 29.7 Å². The minimum atomic E-state index is -4.53. The van der Waals surface area contributed by atoms with Gasteiger partial charge in [-0.2, -0.15) is 32.8 Å². The molecule has 0 bridgehead atoms. The van der Waals surface area contributed by atoms with Crippen molar-refractivity contribution in [1.29, 1.82) is 0 Å². The monoisotopic (exact) mass is 501 g/mol. The van der Waals surface area contributed by atoms with Crippen molar-refractivity contribution in [3.8, 4) is 5.88 Å². The normalized spacial score (nSPS) is 15.9. The van der Waals surface area contributed by atoms with Crippen LogP contribution in [0.25, 0.3) is 11.7 Å². The summed E-state index contributed by atoms with van der Waals surface area (Å²) in [5.74, 6) is -0.382. The molecular formula is C22H22F3N9O2. The van der Waals surface area contributed by atoms with Crippen LogP contribution in [0.5, 0.6) is 5.88 Å². The van der Waals surface area contributed by atoms with Gasteiger partial charge in [0.2, 0.25) is 11.8 Å². The summed E-state index contributed by atoms with van der Waals surface area (Å²) >= 11 is 0. The molecule has 5 rings (SSSR count). The summed E-state index contributed by atoms with van der Waals surface area (Å²) < 4.78 is 39.7. The number of anilines is 2. The van der Waals surface area contributed by atoms with Crippen molar-refractivity contribution in [2.24, 2.45) is 4.99 Å². The highest BCUT2D eigenvalue weighted by molar-refractivity contribution is 5.59. The fraction of sp³-hybridized carbons (Fsp3) is 0.318. The van der Waals surface area contributed by atoms with Gasteiger partial charge in [-0.15, -0.1) is 0 Å². The average molecular weight is 501 g/mol. The molecule has 1 saturated heterocycles. The zero-order valence-electron chi connectivity index (χ0n) is 18.9. The number of hydrogen-bond acceptors (Lipinski definition) is 8. The highest BCUT2D eigenvalue weighted by Gasteiger charge is 2.26. The Morgan fingerprint density at radius 3 is 2.72 bits per heavy atom. The highest BCUT2D eigenvalue weighted by atomic mass is 19.4. The summed E-state index contributed by atoms with van der Waals surface area (Å²) in [7, 11) is 0. The molecule has 0 amide bonds. The summed E-state index contributed by atoms with van der Waals surface area (Å²) in [6.07, 6.45) is 0.524. The Bertz CT molecular complexity index is 1570. The zero-order chi connectivity index (χ0) is 25.3. The van der Waals surface area contributed by atoms with Crippen molar-refractivity contribution < 1.29 is 18.3 Å². The smallest absolute Gasteiger partial charge is 0.408 e. The van der Waals surface area contributed by atoms with Crippen LogP contribution >= 0.6 is 0 Å². The van der Waals surface area contributed by atoms with Crippen LogP contribution in [0.2, 0.25) is 0 Å². The van der Waals surface area contributed by atoms with Gasteiger partial charge >= 0.3 is 11.9 Å². The molecule has 4 N–H and O–H groups in total. The molecule has 0 aliphatic carbocycles. The summed E-state index contributed by atoms with van der Waals surface area (Å²) in [5, 5.41) is 17.3. The molecule has 0 radical (unpaired) electrons. The van der Waals surface area contributed by atoms with Crippen LogP contribution in [-0.4, -0.2) is 65.4 Å². The van der Waals surface area contributed by atoms with Crippen LogP contribution in [0.4, 0.5) is 24.8 Å². The van der Waals surface area contributed by atoms with Gasteiger partial charge in [-0.25, -0.2) is 9.79 Å². The molecule has 4 heterocycles. The van der Waals surface area contributed by atoms with Crippen LogP contribution < -0.4 is 21.8 Å². The van der Waals surface area contributed by atoms with Gasteiger partial charge in [0.15, 0.2) is 5.65 Å². The topological polar surface area (TPSA) is 140 Å². The molecule has 1 aliphatic heterocycles. The summed E-state index contributed by atoms with van der Waals surface area (Å²) in [4.78, 5) is 30.6. The Kier molecular flexibility index (Phi) is 6.18. The second-order valence-electron chi connectivity index (χ2n) is 8.41. The predicted octanol–water partition coefficient (Wildman–Crippen LogP) is 1.20. The highest BCUT2D eigenvalue weighted by Crippen LogP contribution is 2.18. The van der Waals surface area contributed by atoms with Crippen molar-refractivity contribution in [3.63, 3.8) is 0 Å². The predicted molar refractivity (Wildman–Crippen MR) is 123 cm³/mol. The molecule has 36 heavy (non-hydrogen) atoms. The number of likely N-dealkylation sites (tertiary alicyclic amines) is 1. The van der Waals surface area contributed by atoms with Gasteiger partial charge in [0.05, 0.1) is 6.20 Å². The van der Waals surface area contributed by atoms with Gasteiger partial charge in [-0.05, 0) is 49.7 Å². The van der Waals surface area contributed by atoms with Gasteiger partial charge in [0, 0.05) is 17.5 Å². The third-order valence-corrected chi connectivity index (χ3v) is 5.60. The Balaban J connectivity index is 1.55. The van der Waals surface area contributed by atoms with E-state index in [1.807, 2.05) is 18.2 Å². The Morgan fingerprint density at radius 2 is 2.00 bits per heavy atom. The number of halogens is 3. The van der Waals surface area contributed by atoms with Gasteiger partial charge < -0.3 is 15.4 Å². The number of benzene rings is 1. The molecule has 1 fully saturated rings. The molecule has 0 spiro atoms. The van der Waals surface area contributed by atoms with Crippen molar-refractivity contribution in [3.05, 3.63) is 63.0 Å². The first-order valence-corrected chi connectivity index (χ1v) is 11.2. The largest absolute Gasteiger partial charge is 0.493 e. The first-order chi connectivity index (χ1) is 17.2. The van der Waals surface area contributed by atoms with E-state index in [4.69, 9.17) is 0 Å². The first kappa shape index (κ1) is 23.5. The van der Waals surface area contributed by atoms with E-state index in [-0.39, 0.29) is 22.9 Å². The van der Waals surface area contributed by atoms with Gasteiger partial charge in [-0.3, -0.25) is 9.88 Å². The second kappa shape index (κ2) is 9.45. The molecular weight excluding hydrogens is 479 g/mol. The maximum atomic E-state index is 12.9. The number of imidazole rings is 1. The van der Waals surface area contributed by atoms with E-state index in [9.17, 15) is 23.1 Å². The first-order valence-electron chi connectivity index (χ1n) is 11.2. The van der Waals surface area contributed by atoms with E-state index < -0.39 is 24.3 Å². The third kappa shape index (κ3) is 5.38. The SMILES string of the molecule is O=c1[nH]c(O)c(C=c2cnn3c(=NCC(F)(F)F)nc(Nc4cccc(CN5CCCC5)c4)nc23)[nH]1. The number of nitrogens with one attached hydrogen (secondary N) is 3. The number of aromatic amines is 2. The Hall–Kier alpha value is -4.20. The number of hydrogen-bond donors (Lipinski definition) is 4. The van der Waals surface area contributed by atoms with Gasteiger partial charge in [0.1, 0.15) is 12.2 Å². The Morgan fingerprint density at radius 1 is 1.19 bits per heavy atom. The standard InChI is InChI=1S/C22H22F3N9O2/c23-22(24,25)12-26-20-32-19(28-15-5-3-4-13(8-15)11-33-6-1-2-7-33)30-17-14(10-27-34(17)20)9-16-18(35)31-21(36)29-16/h3-5,8-10,35H,1-2,6-7,11-12H2,(H,26,28,32)(H2,29,31,36). The van der Waals surface area contributed by atoms with Crippen molar-refractivity contribution in [2.75, 3.05) is 25.0 Å². The number of H-pyrrole nitrogens is 2. The third-order valence-electron chi connectivity index (χ3n) is 5.60. The molecule has 1 aliphatic rings. The van der Waals surface area contributed by atoms with E-state index >= 15 is 0 Å². The lowest BCUT2D eigenvalue weighted by molar-refractivity contribution is -0.118. The summed E-state index contributed by atoms with van der Waals surface area (Å²) in [5.41, 5.74) is 1.00. The number of aromatic hydroxyl groups is 1. The van der Waals surface area contributed by atoms with Gasteiger partial charge in [-0.1, -0.05) is 12.1 Å². The van der Waals surface area contributed by atoms with Gasteiger partial charge in [0.25, 0.3) is 5.62 Å². The quantitative estimate of drug-likeness (QED) is 0.311. The van der Waals surface area contributed by atoms with E-state index in [0.29, 0.717) is 10.9 Å². The maximum absolute atomic E-state index is 12.9. The van der Waals surface area contributed by atoms with E-state index in [1.165, 1.54) is 25.1 Å². The molecule has 3 aromatic heterocycles. The van der Waals surface area contributed by atoms with Crippen LogP contribution in [0, 0.1) is 0 Å². The maximum Gasteiger partial charge on any atom is 0.408 e. The minimum absolute atomic E-state index is 0.0173. The van der Waals surface area contributed by atoms with Crippen LogP contribution in [-0.2, 0) is 6.54 Å². The van der Waals surface area contributed by atoms with Crippen LogP contribution in [0.1, 0.15) is 24.1 Å². The lowest BCUT2D eigenvalue weighted by atomic mass is 10.2. The van der Waals surface area contributed by atoms with Crippen LogP contribution in [0.3, 0.4) is 0 Å². The number of aromatic nitrogens is 6. The molecule has 1 aromatic carbocycles. The lowest BCUT2D eigenvalue weighted by Gasteiger charge is -2.15. The van der Waals surface area contributed by atoms with E-state index in [1.54, 1.807) is 6.07 Å². The molecule has 0 saturated carbocycles. The molecule has 14 heteroatoms. The van der Waals surface area contributed by atoms with Crippen LogP contribution in [0.15, 0.2) is 40.2 Å². The molecule has 188 valence electrons. The number of nitrogens with zero attached hydrogens (tertiary/aromatic N) is 6. The fourth-order valence-corrected chi connectivity index (χ4v) is 4.02. The molecule has 0 atom stereocenters. The zero-order valence-corrected chi connectivity index (χ0v) is 18.9. The Labute approximate surface area is 201 Å². The van der Waals surface area contributed by atoms with Crippen molar-refractivity contribution >= 4 is 23.4 Å². The fourth-order valence-electron chi connectivity index (χ4n) is 4.02. The number of fused-ring (bicyclic) bond motifs is 1. The average Bonchev–Trinajstić information content (AvgIpc) is 3.54. The molecule has 11 nitrogen and oxygen atoms in total. The second-order valence-corrected chi connectivity index (χ2v) is 8.41. The lowest BCUT2D eigenvalue weighted by Crippen LogP contribution is -2.26. The summed E-state index contributed by atoms with van der Waals surface area (Å²) in [6.45, 7) is 1.43. The van der Waals surface area contributed by atoms with E-state index in [2.05, 4.69) is 40.2 Å². The summed E-state index contributed by atoms with van der Waals surface area (Å²) in [6, 6.07) is 7.63. The molecule has 4 aromatic rings. The number of rotatable bonds is 6. The number of alkyl halides is 3. The van der Waals surface area contributed by atoms with Crippen molar-refractivity contribution in [2.45, 2.75) is 25.6 Å².